The van der Waals surface area contributed by atoms with E-state index in [1.807, 2.05) is 55.5 Å². The highest BCUT2D eigenvalue weighted by atomic mass is 16.5. The lowest BCUT2D eigenvalue weighted by atomic mass is 10.1. The number of benzene rings is 2. The first kappa shape index (κ1) is 10.5. The Morgan fingerprint density at radius 1 is 0.875 bits per heavy atom. The quantitative estimate of drug-likeness (QED) is 0.692. The van der Waals surface area contributed by atoms with Crippen LogP contribution >= 0.6 is 0 Å². The van der Waals surface area contributed by atoms with Crippen molar-refractivity contribution in [3.05, 3.63) is 72.5 Å². The van der Waals surface area contributed by atoms with Gasteiger partial charge in [0.2, 0.25) is 0 Å². The highest BCUT2D eigenvalue weighted by Crippen LogP contribution is 2.15. The lowest BCUT2D eigenvalue weighted by Gasteiger charge is -2.03. The molecule has 2 rings (SSSR count). The summed E-state index contributed by atoms with van der Waals surface area (Å²) in [5.41, 5.74) is 2.29. The van der Waals surface area contributed by atoms with Crippen molar-refractivity contribution in [1.82, 2.24) is 0 Å². The zero-order chi connectivity index (χ0) is 11.2. The van der Waals surface area contributed by atoms with E-state index < -0.39 is 0 Å². The average molecular weight is 210 g/mol. The van der Waals surface area contributed by atoms with Crippen LogP contribution in [0.3, 0.4) is 0 Å². The van der Waals surface area contributed by atoms with E-state index in [4.69, 9.17) is 4.74 Å². The molecular weight excluding hydrogens is 196 g/mol. The topological polar surface area (TPSA) is 9.23 Å². The van der Waals surface area contributed by atoms with Gasteiger partial charge in [-0.2, -0.15) is 0 Å². The van der Waals surface area contributed by atoms with Crippen molar-refractivity contribution >= 4 is 5.57 Å². The maximum atomic E-state index is 5.56. The second kappa shape index (κ2) is 5.17. The van der Waals surface area contributed by atoms with Crippen LogP contribution in [0.5, 0.6) is 5.75 Å². The van der Waals surface area contributed by atoms with Gasteiger partial charge in [0.25, 0.3) is 0 Å². The summed E-state index contributed by atoms with van der Waals surface area (Å²) in [5.74, 6) is 0.859. The predicted molar refractivity (Wildman–Crippen MR) is 67.2 cm³/mol. The minimum atomic E-state index is 0.859. The Balaban J connectivity index is 2.09. The molecule has 0 saturated carbocycles. The van der Waals surface area contributed by atoms with Gasteiger partial charge in [-0.05, 0) is 30.2 Å². The van der Waals surface area contributed by atoms with E-state index in [9.17, 15) is 0 Å². The van der Waals surface area contributed by atoms with E-state index in [0.717, 1.165) is 11.3 Å². The Morgan fingerprint density at radius 3 is 2.06 bits per heavy atom. The molecule has 2 aromatic carbocycles. The second-order valence-electron chi connectivity index (χ2n) is 3.60. The smallest absolute Gasteiger partial charge is 0.126 e. The van der Waals surface area contributed by atoms with Crippen molar-refractivity contribution in [2.45, 2.75) is 6.92 Å². The molecule has 0 saturated heterocycles. The van der Waals surface area contributed by atoms with Gasteiger partial charge in [-0.3, -0.25) is 0 Å². The third kappa shape index (κ3) is 2.74. The predicted octanol–water partition coefficient (Wildman–Crippen LogP) is 4.13. The molecule has 0 N–H and O–H groups in total. The van der Waals surface area contributed by atoms with Crippen LogP contribution in [0, 0.1) is 0 Å². The summed E-state index contributed by atoms with van der Waals surface area (Å²) in [6.07, 6.45) is 1.78. The van der Waals surface area contributed by atoms with E-state index >= 15 is 0 Å². The van der Waals surface area contributed by atoms with Gasteiger partial charge >= 0.3 is 0 Å². The Bertz CT molecular complexity index is 457. The monoisotopic (exact) mass is 210 g/mol. The highest BCUT2D eigenvalue weighted by molar-refractivity contribution is 5.62. The van der Waals surface area contributed by atoms with Crippen molar-refractivity contribution in [2.24, 2.45) is 0 Å². The fourth-order valence-corrected chi connectivity index (χ4v) is 1.42. The molecule has 0 heterocycles. The summed E-state index contributed by atoms with van der Waals surface area (Å²) in [4.78, 5) is 0. The van der Waals surface area contributed by atoms with Gasteiger partial charge < -0.3 is 4.74 Å². The summed E-state index contributed by atoms with van der Waals surface area (Å²) < 4.78 is 5.56. The van der Waals surface area contributed by atoms with E-state index in [0.29, 0.717) is 0 Å². The van der Waals surface area contributed by atoms with Crippen molar-refractivity contribution in [3.8, 4) is 5.75 Å². The van der Waals surface area contributed by atoms with E-state index in [1.165, 1.54) is 5.56 Å². The summed E-state index contributed by atoms with van der Waals surface area (Å²) in [6.45, 7) is 2.04. The first-order chi connectivity index (χ1) is 7.86. The minimum absolute atomic E-state index is 0.859. The molecule has 0 aliphatic carbocycles. The lowest BCUT2D eigenvalue weighted by Crippen LogP contribution is -1.85. The summed E-state index contributed by atoms with van der Waals surface area (Å²) in [7, 11) is 0. The molecule has 80 valence electrons. The Labute approximate surface area is 96.0 Å². The largest absolute Gasteiger partial charge is 0.465 e. The van der Waals surface area contributed by atoms with Crippen LogP contribution in [0.25, 0.3) is 5.57 Å². The zero-order valence-corrected chi connectivity index (χ0v) is 9.26. The second-order valence-corrected chi connectivity index (χ2v) is 3.60. The molecule has 0 atom stereocenters. The number of allylic oxidation sites excluding steroid dienone is 1. The molecule has 1 heteroatoms. The Morgan fingerprint density at radius 2 is 1.44 bits per heavy atom. The standard InChI is InChI=1S/C15H14O/c1-13(14-8-4-2-5-9-14)12-16-15-10-6-3-7-11-15/h2-12H,1H3. The molecule has 0 aromatic heterocycles. The summed E-state index contributed by atoms with van der Waals surface area (Å²) in [6, 6.07) is 20.0. The van der Waals surface area contributed by atoms with E-state index in [2.05, 4.69) is 12.1 Å². The van der Waals surface area contributed by atoms with Gasteiger partial charge in [-0.25, -0.2) is 0 Å². The van der Waals surface area contributed by atoms with Crippen LogP contribution in [0.2, 0.25) is 0 Å². The Hall–Kier alpha value is -2.02. The van der Waals surface area contributed by atoms with E-state index in [-0.39, 0.29) is 0 Å². The van der Waals surface area contributed by atoms with Gasteiger partial charge in [-0.15, -0.1) is 0 Å². The van der Waals surface area contributed by atoms with Crippen molar-refractivity contribution in [2.75, 3.05) is 0 Å². The lowest BCUT2D eigenvalue weighted by molar-refractivity contribution is 0.483. The van der Waals surface area contributed by atoms with Crippen LogP contribution in [-0.2, 0) is 0 Å². The van der Waals surface area contributed by atoms with Crippen molar-refractivity contribution < 1.29 is 4.74 Å². The molecule has 0 unspecified atom stereocenters. The third-order valence-corrected chi connectivity index (χ3v) is 2.34. The maximum absolute atomic E-state index is 5.56. The number of hydrogen-bond donors (Lipinski definition) is 0. The molecule has 0 aliphatic heterocycles. The normalized spacial score (nSPS) is 11.2. The van der Waals surface area contributed by atoms with Crippen LogP contribution in [0.4, 0.5) is 0 Å². The van der Waals surface area contributed by atoms with Crippen LogP contribution in [-0.4, -0.2) is 0 Å². The average Bonchev–Trinajstić information content (AvgIpc) is 2.38. The SMILES string of the molecule is CC(=COc1ccccc1)c1ccccc1. The van der Waals surface area contributed by atoms with Crippen LogP contribution in [0.1, 0.15) is 12.5 Å². The molecule has 0 aliphatic rings. The first-order valence-electron chi connectivity index (χ1n) is 5.30. The van der Waals surface area contributed by atoms with Gasteiger partial charge in [0.05, 0.1) is 6.26 Å². The molecule has 16 heavy (non-hydrogen) atoms. The summed E-state index contributed by atoms with van der Waals surface area (Å²) in [5, 5.41) is 0. The van der Waals surface area contributed by atoms with Gasteiger partial charge in [0.1, 0.15) is 5.75 Å². The van der Waals surface area contributed by atoms with Crippen LogP contribution in [0.15, 0.2) is 66.9 Å². The maximum Gasteiger partial charge on any atom is 0.126 e. The number of rotatable bonds is 3. The molecule has 0 amide bonds. The fourth-order valence-electron chi connectivity index (χ4n) is 1.42. The van der Waals surface area contributed by atoms with E-state index in [1.54, 1.807) is 6.26 Å². The number of ether oxygens (including phenoxy) is 1. The molecule has 0 spiro atoms. The highest BCUT2D eigenvalue weighted by Gasteiger charge is 1.94. The molecule has 0 fully saturated rings. The number of hydrogen-bond acceptors (Lipinski definition) is 1. The third-order valence-electron chi connectivity index (χ3n) is 2.34. The summed E-state index contributed by atoms with van der Waals surface area (Å²) >= 11 is 0. The molecule has 1 nitrogen and oxygen atoms in total. The first-order valence-corrected chi connectivity index (χ1v) is 5.30. The molecular formula is C15H14O. The Kier molecular flexibility index (Phi) is 3.39. The molecule has 0 radical (unpaired) electrons. The molecule has 2 aromatic rings. The zero-order valence-electron chi connectivity index (χ0n) is 9.26. The number of para-hydroxylation sites is 1. The van der Waals surface area contributed by atoms with Gasteiger partial charge in [-0.1, -0.05) is 48.5 Å². The van der Waals surface area contributed by atoms with Crippen molar-refractivity contribution in [3.63, 3.8) is 0 Å². The van der Waals surface area contributed by atoms with Gasteiger partial charge in [0.15, 0.2) is 0 Å². The van der Waals surface area contributed by atoms with Crippen LogP contribution < -0.4 is 4.74 Å². The molecule has 0 bridgehead atoms. The fraction of sp³-hybridized carbons (Fsp3) is 0.0667. The van der Waals surface area contributed by atoms with Crippen molar-refractivity contribution in [1.29, 1.82) is 0 Å². The van der Waals surface area contributed by atoms with Gasteiger partial charge in [0, 0.05) is 0 Å². The minimum Gasteiger partial charge on any atom is -0.465 e.